The highest BCUT2D eigenvalue weighted by molar-refractivity contribution is 5.82. The molecule has 2 aliphatic rings. The number of hydrogen-bond acceptors (Lipinski definition) is 4. The molecule has 1 atom stereocenters. The molecule has 7 heteroatoms. The molecule has 1 saturated heterocycles. The van der Waals surface area contributed by atoms with Crippen molar-refractivity contribution in [3.63, 3.8) is 0 Å². The van der Waals surface area contributed by atoms with Gasteiger partial charge in [0.25, 0.3) is 11.8 Å². The van der Waals surface area contributed by atoms with Crippen molar-refractivity contribution < 1.29 is 24.0 Å². The van der Waals surface area contributed by atoms with E-state index in [1.165, 1.54) is 16.0 Å². The van der Waals surface area contributed by atoms with E-state index in [-0.39, 0.29) is 18.4 Å². The summed E-state index contributed by atoms with van der Waals surface area (Å²) in [6, 6.07) is 15.6. The van der Waals surface area contributed by atoms with Gasteiger partial charge in [0, 0.05) is 6.54 Å². The highest BCUT2D eigenvalue weighted by atomic mass is 16.6. The molecular weight excluding hydrogens is 394 g/mol. The summed E-state index contributed by atoms with van der Waals surface area (Å²) in [7, 11) is 0. The molecule has 2 amide bonds. The molecule has 0 unspecified atom stereocenters. The maximum atomic E-state index is 12.8. The van der Waals surface area contributed by atoms with Crippen LogP contribution < -0.4 is 19.7 Å². The van der Waals surface area contributed by atoms with Gasteiger partial charge < -0.3 is 24.6 Å². The van der Waals surface area contributed by atoms with Gasteiger partial charge in [0.15, 0.2) is 18.0 Å². The number of rotatable bonds is 6. The molecule has 2 heterocycles. The van der Waals surface area contributed by atoms with Crippen molar-refractivity contribution in [3.05, 3.63) is 59.7 Å². The normalized spacial score (nSPS) is 18.5. The van der Waals surface area contributed by atoms with E-state index in [4.69, 9.17) is 9.47 Å². The Bertz CT molecular complexity index is 925. The Morgan fingerprint density at radius 3 is 2.55 bits per heavy atom. The van der Waals surface area contributed by atoms with Crippen LogP contribution in [0.25, 0.3) is 0 Å². The summed E-state index contributed by atoms with van der Waals surface area (Å²) in [5.74, 6) is 1.30. The third-order valence-corrected chi connectivity index (χ3v) is 5.95. The number of nitrogens with one attached hydrogen (secondary N) is 2. The molecule has 2 aromatic rings. The number of hydrogen-bond donors (Lipinski definition) is 2. The van der Waals surface area contributed by atoms with Gasteiger partial charge in [-0.05, 0) is 36.6 Å². The van der Waals surface area contributed by atoms with Gasteiger partial charge in [-0.15, -0.1) is 0 Å². The lowest BCUT2D eigenvalue weighted by Crippen LogP contribution is -3.16. The minimum atomic E-state index is -0.610. The van der Waals surface area contributed by atoms with E-state index < -0.39 is 6.10 Å². The molecule has 0 saturated carbocycles. The molecule has 0 bridgehead atoms. The molecule has 1 fully saturated rings. The van der Waals surface area contributed by atoms with Gasteiger partial charge in [0.1, 0.15) is 6.61 Å². The Kier molecular flexibility index (Phi) is 6.72. The molecule has 0 radical (unpaired) electrons. The van der Waals surface area contributed by atoms with Crippen molar-refractivity contribution in [1.82, 2.24) is 10.2 Å². The maximum Gasteiger partial charge on any atom is 0.275 e. The van der Waals surface area contributed by atoms with E-state index in [0.717, 1.165) is 19.5 Å². The smallest absolute Gasteiger partial charge is 0.275 e. The molecule has 0 aliphatic carbocycles. The van der Waals surface area contributed by atoms with E-state index in [0.29, 0.717) is 37.7 Å². The van der Waals surface area contributed by atoms with Gasteiger partial charge in [-0.2, -0.15) is 0 Å². The van der Waals surface area contributed by atoms with E-state index >= 15 is 0 Å². The monoisotopic (exact) mass is 424 g/mol. The Hall–Kier alpha value is -3.06. The molecule has 0 spiro atoms. The Labute approximate surface area is 182 Å². The topological polar surface area (TPSA) is 72.3 Å². The summed E-state index contributed by atoms with van der Waals surface area (Å²) >= 11 is 0. The lowest BCUT2D eigenvalue weighted by atomic mass is 10.1. The Balaban J connectivity index is 1.18. The number of nitrogens with zero attached hydrogens (tertiary/aromatic N) is 1. The second kappa shape index (κ2) is 9.83. The summed E-state index contributed by atoms with van der Waals surface area (Å²) in [6.45, 7) is 6.13. The van der Waals surface area contributed by atoms with Crippen LogP contribution in [0.5, 0.6) is 11.5 Å². The van der Waals surface area contributed by atoms with Gasteiger partial charge >= 0.3 is 0 Å². The van der Waals surface area contributed by atoms with Crippen LogP contribution in [0.2, 0.25) is 0 Å². The van der Waals surface area contributed by atoms with Crippen molar-refractivity contribution in [1.29, 1.82) is 0 Å². The van der Waals surface area contributed by atoms with Crippen molar-refractivity contribution in [2.75, 3.05) is 45.9 Å². The highest BCUT2D eigenvalue weighted by Gasteiger charge is 2.33. The molecule has 7 nitrogen and oxygen atoms in total. The van der Waals surface area contributed by atoms with Crippen LogP contribution in [0.4, 0.5) is 0 Å². The Morgan fingerprint density at radius 2 is 1.77 bits per heavy atom. The lowest BCUT2D eigenvalue weighted by Gasteiger charge is -2.35. The zero-order valence-electron chi connectivity index (χ0n) is 17.9. The average Bonchev–Trinajstić information content (AvgIpc) is 2.80. The fourth-order valence-electron chi connectivity index (χ4n) is 4.08. The van der Waals surface area contributed by atoms with Gasteiger partial charge in [-0.25, -0.2) is 0 Å². The number of aryl methyl sites for hydroxylation is 1. The molecular formula is C24H30N3O4+. The van der Waals surface area contributed by atoms with Crippen molar-refractivity contribution in [2.45, 2.75) is 19.4 Å². The number of ether oxygens (including phenoxy) is 2. The van der Waals surface area contributed by atoms with Crippen LogP contribution >= 0.6 is 0 Å². The largest absolute Gasteiger partial charge is 0.485 e. The Morgan fingerprint density at radius 1 is 1.06 bits per heavy atom. The summed E-state index contributed by atoms with van der Waals surface area (Å²) < 4.78 is 11.5. The first-order valence-electron chi connectivity index (χ1n) is 10.9. The SMILES string of the molecule is Cc1ccccc1CCNC(=O)C[NH+]1CCN(C(=O)[C@@H]2COc3ccccc3O2)CC1. The zero-order valence-corrected chi connectivity index (χ0v) is 17.9. The molecule has 0 aromatic heterocycles. The number of carbonyl (C=O) groups is 2. The third-order valence-electron chi connectivity index (χ3n) is 5.95. The number of quaternary nitrogens is 1. The first-order chi connectivity index (χ1) is 15.1. The van der Waals surface area contributed by atoms with Crippen LogP contribution in [0.3, 0.4) is 0 Å². The third kappa shape index (κ3) is 5.35. The second-order valence-electron chi connectivity index (χ2n) is 8.14. The summed E-state index contributed by atoms with van der Waals surface area (Å²) in [5, 5.41) is 3.02. The van der Waals surface area contributed by atoms with Crippen LogP contribution in [0.1, 0.15) is 11.1 Å². The fourth-order valence-corrected chi connectivity index (χ4v) is 4.08. The number of piperazine rings is 1. The number of carbonyl (C=O) groups excluding carboxylic acids is 2. The van der Waals surface area contributed by atoms with Crippen molar-refractivity contribution in [3.8, 4) is 11.5 Å². The van der Waals surface area contributed by atoms with Gasteiger partial charge in [-0.3, -0.25) is 9.59 Å². The first kappa shape index (κ1) is 21.2. The van der Waals surface area contributed by atoms with E-state index in [9.17, 15) is 9.59 Å². The quantitative estimate of drug-likeness (QED) is 0.696. The highest BCUT2D eigenvalue weighted by Crippen LogP contribution is 2.31. The molecule has 31 heavy (non-hydrogen) atoms. The van der Waals surface area contributed by atoms with Gasteiger partial charge in [-0.1, -0.05) is 36.4 Å². The van der Waals surface area contributed by atoms with Crippen molar-refractivity contribution >= 4 is 11.8 Å². The molecule has 164 valence electrons. The number of para-hydroxylation sites is 2. The lowest BCUT2D eigenvalue weighted by molar-refractivity contribution is -0.896. The van der Waals surface area contributed by atoms with Crippen LogP contribution in [-0.4, -0.2) is 68.7 Å². The van der Waals surface area contributed by atoms with Crippen LogP contribution in [0.15, 0.2) is 48.5 Å². The van der Waals surface area contributed by atoms with E-state index in [1.54, 1.807) is 0 Å². The van der Waals surface area contributed by atoms with E-state index in [1.807, 2.05) is 41.3 Å². The van der Waals surface area contributed by atoms with Gasteiger partial charge in [0.05, 0.1) is 26.2 Å². The maximum absolute atomic E-state index is 12.8. The van der Waals surface area contributed by atoms with Crippen molar-refractivity contribution in [2.24, 2.45) is 0 Å². The average molecular weight is 425 g/mol. The summed E-state index contributed by atoms with van der Waals surface area (Å²) in [4.78, 5) is 28.2. The van der Waals surface area contributed by atoms with Gasteiger partial charge in [0.2, 0.25) is 6.10 Å². The van der Waals surface area contributed by atoms with Crippen LogP contribution in [0, 0.1) is 6.92 Å². The first-order valence-corrected chi connectivity index (χ1v) is 10.9. The van der Waals surface area contributed by atoms with E-state index in [2.05, 4.69) is 24.4 Å². The fraction of sp³-hybridized carbons (Fsp3) is 0.417. The number of fused-ring (bicyclic) bond motifs is 1. The molecule has 2 aliphatic heterocycles. The second-order valence-corrected chi connectivity index (χ2v) is 8.14. The number of benzene rings is 2. The predicted molar refractivity (Wildman–Crippen MR) is 116 cm³/mol. The molecule has 4 rings (SSSR count). The summed E-state index contributed by atoms with van der Waals surface area (Å²) in [5.41, 5.74) is 2.51. The van der Waals surface area contributed by atoms with Crippen LogP contribution in [-0.2, 0) is 16.0 Å². The molecule has 2 aromatic carbocycles. The molecule has 2 N–H and O–H groups in total. The minimum absolute atomic E-state index is 0.0452. The zero-order chi connectivity index (χ0) is 21.6. The standard InChI is InChI=1S/C24H29N3O4/c1-18-6-2-3-7-19(18)10-11-25-23(28)16-26-12-14-27(15-13-26)24(29)22-17-30-20-8-4-5-9-21(20)31-22/h2-9,22H,10-17H2,1H3,(H,25,28)/p+1/t22-/m0/s1. The number of amides is 2. The predicted octanol–water partition coefficient (Wildman–Crippen LogP) is 0.221. The minimum Gasteiger partial charge on any atom is -0.485 e. The summed E-state index contributed by atoms with van der Waals surface area (Å²) in [6.07, 6.45) is 0.226.